The number of unbranched alkanes of at least 4 members (excludes halogenated alkanes) is 48. The van der Waals surface area contributed by atoms with E-state index in [4.69, 9.17) is 14.2 Å². The Bertz CT molecular complexity index is 1400. The maximum atomic E-state index is 12.9. The molecule has 6 heteroatoms. The maximum absolute atomic E-state index is 12.9. The molecule has 6 nitrogen and oxygen atoms in total. The fraction of sp³-hybridized carbons (Fsp3) is 0.853. The summed E-state index contributed by atoms with van der Waals surface area (Å²) in [5, 5.41) is 0. The number of esters is 3. The molecule has 1 atom stereocenters. The van der Waals surface area contributed by atoms with Crippen molar-refractivity contribution in [1.29, 1.82) is 0 Å². The molecule has 0 aliphatic heterocycles. The number of carbonyl (C=O) groups is 3. The molecule has 0 aromatic heterocycles. The third-order valence-corrected chi connectivity index (χ3v) is 16.3. The van der Waals surface area contributed by atoms with Crippen LogP contribution in [-0.2, 0) is 28.6 Å². The summed E-state index contributed by atoms with van der Waals surface area (Å²) >= 11 is 0. The lowest BCUT2D eigenvalue weighted by atomic mass is 10.0. The molecule has 0 aromatic carbocycles. The van der Waals surface area contributed by atoms with Crippen molar-refractivity contribution < 1.29 is 28.6 Å². The van der Waals surface area contributed by atoms with Crippen LogP contribution in [0.5, 0.6) is 0 Å². The second-order valence-corrected chi connectivity index (χ2v) is 24.5. The first-order chi connectivity index (χ1) is 40.0. The average Bonchev–Trinajstić information content (AvgIpc) is 3.46. The number of hydrogen-bond donors (Lipinski definition) is 0. The van der Waals surface area contributed by atoms with E-state index < -0.39 is 6.10 Å². The molecule has 81 heavy (non-hydrogen) atoms. The van der Waals surface area contributed by atoms with Gasteiger partial charge in [-0.2, -0.15) is 0 Å². The lowest BCUT2D eigenvalue weighted by Gasteiger charge is -2.18. The highest BCUT2D eigenvalue weighted by Gasteiger charge is 2.19. The Hall–Kier alpha value is -2.63. The molecule has 0 N–H and O–H groups in total. The van der Waals surface area contributed by atoms with Gasteiger partial charge >= 0.3 is 17.9 Å². The van der Waals surface area contributed by atoms with Gasteiger partial charge in [0.05, 0.1) is 0 Å². The Morgan fingerprint density at radius 2 is 0.469 bits per heavy atom. The number of carbonyl (C=O) groups excluding carboxylic acids is 3. The van der Waals surface area contributed by atoms with Gasteiger partial charge in [0, 0.05) is 19.3 Å². The third kappa shape index (κ3) is 68.0. The van der Waals surface area contributed by atoms with Crippen LogP contribution in [0.15, 0.2) is 48.6 Å². The van der Waals surface area contributed by atoms with Gasteiger partial charge < -0.3 is 14.2 Å². The monoisotopic (exact) mass is 1140 g/mol. The third-order valence-electron chi connectivity index (χ3n) is 16.3. The van der Waals surface area contributed by atoms with Gasteiger partial charge in [0.2, 0.25) is 0 Å². The molecule has 0 aliphatic rings. The van der Waals surface area contributed by atoms with Crippen molar-refractivity contribution in [2.45, 2.75) is 399 Å². The Labute approximate surface area is 505 Å². The van der Waals surface area contributed by atoms with Crippen LogP contribution in [0, 0.1) is 0 Å². The van der Waals surface area contributed by atoms with Gasteiger partial charge in [-0.15, -0.1) is 0 Å². The molecule has 0 fully saturated rings. The van der Waals surface area contributed by atoms with E-state index in [1.165, 1.54) is 263 Å². The molecule has 0 spiro atoms. The SMILES string of the molecule is CCC/C=C\C/C=C\CCCCCCCC(=O)OCC(COC(=O)CCCCCCCCCCCCCCCCCCCCCCCCC/C=C\CCCCCCCCCC)OC(=O)CCCCCCC/C=C\CCCCCCCC. The molecule has 0 saturated carbocycles. The molecule has 0 heterocycles. The summed E-state index contributed by atoms with van der Waals surface area (Å²) in [6.45, 7) is 6.61. The highest BCUT2D eigenvalue weighted by Crippen LogP contribution is 2.18. The summed E-state index contributed by atoms with van der Waals surface area (Å²) in [6, 6.07) is 0. The largest absolute Gasteiger partial charge is 0.462 e. The van der Waals surface area contributed by atoms with Crippen molar-refractivity contribution in [3.8, 4) is 0 Å². The van der Waals surface area contributed by atoms with Crippen molar-refractivity contribution in [1.82, 2.24) is 0 Å². The van der Waals surface area contributed by atoms with E-state index in [1.807, 2.05) is 0 Å². The fourth-order valence-electron chi connectivity index (χ4n) is 10.8. The molecule has 0 saturated heterocycles. The second kappa shape index (κ2) is 69.9. The van der Waals surface area contributed by atoms with Crippen LogP contribution in [0.1, 0.15) is 393 Å². The van der Waals surface area contributed by atoms with E-state index in [9.17, 15) is 14.4 Å². The minimum atomic E-state index is -0.782. The van der Waals surface area contributed by atoms with E-state index in [1.54, 1.807) is 0 Å². The Morgan fingerprint density at radius 1 is 0.247 bits per heavy atom. The van der Waals surface area contributed by atoms with Crippen LogP contribution in [0.3, 0.4) is 0 Å². The van der Waals surface area contributed by atoms with Gasteiger partial charge in [0.25, 0.3) is 0 Å². The molecule has 0 aromatic rings. The van der Waals surface area contributed by atoms with Crippen LogP contribution < -0.4 is 0 Å². The van der Waals surface area contributed by atoms with Gasteiger partial charge in [-0.3, -0.25) is 14.4 Å². The van der Waals surface area contributed by atoms with Gasteiger partial charge in [-0.25, -0.2) is 0 Å². The van der Waals surface area contributed by atoms with Crippen LogP contribution in [-0.4, -0.2) is 37.2 Å². The fourth-order valence-corrected chi connectivity index (χ4v) is 10.8. The quantitative estimate of drug-likeness (QED) is 0.0261. The van der Waals surface area contributed by atoms with Crippen molar-refractivity contribution >= 4 is 17.9 Å². The van der Waals surface area contributed by atoms with Gasteiger partial charge in [-0.05, 0) is 96.3 Å². The molecule has 0 bridgehead atoms. The Morgan fingerprint density at radius 3 is 0.741 bits per heavy atom. The number of rotatable bonds is 67. The van der Waals surface area contributed by atoms with Gasteiger partial charge in [-0.1, -0.05) is 326 Å². The van der Waals surface area contributed by atoms with E-state index in [0.29, 0.717) is 19.3 Å². The lowest BCUT2D eigenvalue weighted by Crippen LogP contribution is -2.30. The van der Waals surface area contributed by atoms with Crippen LogP contribution in [0.25, 0.3) is 0 Å². The van der Waals surface area contributed by atoms with Gasteiger partial charge in [0.1, 0.15) is 13.2 Å². The first-order valence-corrected chi connectivity index (χ1v) is 36.1. The summed E-state index contributed by atoms with van der Waals surface area (Å²) in [6.07, 6.45) is 88.9. The van der Waals surface area contributed by atoms with Crippen molar-refractivity contribution in [2.24, 2.45) is 0 Å². The Kier molecular flexibility index (Phi) is 67.6. The Balaban J connectivity index is 4.05. The van der Waals surface area contributed by atoms with Crippen LogP contribution in [0.4, 0.5) is 0 Å². The van der Waals surface area contributed by atoms with Crippen molar-refractivity contribution in [2.75, 3.05) is 13.2 Å². The predicted molar refractivity (Wildman–Crippen MR) is 353 cm³/mol. The normalized spacial score (nSPS) is 12.3. The van der Waals surface area contributed by atoms with E-state index in [2.05, 4.69) is 69.4 Å². The number of ether oxygens (including phenoxy) is 3. The maximum Gasteiger partial charge on any atom is 0.306 e. The highest BCUT2D eigenvalue weighted by molar-refractivity contribution is 5.71. The first-order valence-electron chi connectivity index (χ1n) is 36.1. The highest BCUT2D eigenvalue weighted by atomic mass is 16.6. The zero-order chi connectivity index (χ0) is 58.5. The predicted octanol–water partition coefficient (Wildman–Crippen LogP) is 24.9. The summed E-state index contributed by atoms with van der Waals surface area (Å²) in [4.78, 5) is 38.3. The topological polar surface area (TPSA) is 78.9 Å². The summed E-state index contributed by atoms with van der Waals surface area (Å²) < 4.78 is 16.9. The number of hydrogen-bond acceptors (Lipinski definition) is 6. The standard InChI is InChI=1S/C75H138O6/c1-4-7-10-13-16-19-22-25-27-28-29-30-31-32-33-34-35-36-37-38-39-40-41-42-43-44-45-46-48-50-53-56-59-62-65-68-74(77)80-71-72(70-79-73(76)67-64-61-58-55-52-49-24-21-18-15-12-9-6-3)81-75(78)69-66-63-60-57-54-51-47-26-23-20-17-14-11-8-5-2/h12,15,21,24,26,28-29,47,72H,4-11,13-14,16-20,22-23,25,27,30-46,48-71H2,1-3H3/b15-12-,24-21-,29-28-,47-26-. The van der Waals surface area contributed by atoms with Crippen LogP contribution >= 0.6 is 0 Å². The first kappa shape index (κ1) is 78.4. The molecule has 0 aliphatic carbocycles. The lowest BCUT2D eigenvalue weighted by molar-refractivity contribution is -0.167. The van der Waals surface area contributed by atoms with E-state index in [-0.39, 0.29) is 31.1 Å². The molecule has 0 radical (unpaired) electrons. The van der Waals surface area contributed by atoms with Gasteiger partial charge in [0.15, 0.2) is 6.10 Å². The summed E-state index contributed by atoms with van der Waals surface area (Å²) in [5.74, 6) is -0.879. The molecule has 474 valence electrons. The number of allylic oxidation sites excluding steroid dienone is 8. The molecular formula is C75H138O6. The average molecular weight is 1140 g/mol. The van der Waals surface area contributed by atoms with E-state index in [0.717, 1.165) is 89.9 Å². The van der Waals surface area contributed by atoms with E-state index >= 15 is 0 Å². The van der Waals surface area contributed by atoms with Crippen molar-refractivity contribution in [3.05, 3.63) is 48.6 Å². The molecule has 1 unspecified atom stereocenters. The minimum Gasteiger partial charge on any atom is -0.462 e. The second-order valence-electron chi connectivity index (χ2n) is 24.5. The zero-order valence-electron chi connectivity index (χ0n) is 54.6. The minimum absolute atomic E-state index is 0.0772. The molecule has 0 amide bonds. The van der Waals surface area contributed by atoms with Crippen LogP contribution in [0.2, 0.25) is 0 Å². The molecular weight excluding hydrogens is 997 g/mol. The summed E-state index contributed by atoms with van der Waals surface area (Å²) in [5.41, 5.74) is 0. The summed E-state index contributed by atoms with van der Waals surface area (Å²) in [7, 11) is 0. The zero-order valence-corrected chi connectivity index (χ0v) is 54.6. The smallest absolute Gasteiger partial charge is 0.306 e. The molecule has 0 rings (SSSR count). The van der Waals surface area contributed by atoms with Crippen molar-refractivity contribution in [3.63, 3.8) is 0 Å².